The molecule has 0 spiro atoms. The lowest BCUT2D eigenvalue weighted by molar-refractivity contribution is -0.144. The molecule has 2 saturated heterocycles. The molecule has 1 aromatic heterocycles. The third-order valence-corrected chi connectivity index (χ3v) is 4.58. The van der Waals surface area contributed by atoms with Crippen LogP contribution in [0.15, 0.2) is 12.4 Å². The molecular formula is C16H27ClN4O2. The average Bonchev–Trinajstić information content (AvgIpc) is 2.92. The summed E-state index contributed by atoms with van der Waals surface area (Å²) in [6.45, 7) is 7.85. The van der Waals surface area contributed by atoms with E-state index >= 15 is 0 Å². The lowest BCUT2D eigenvalue weighted by Gasteiger charge is -2.37. The Hall–Kier alpha value is -1.11. The number of hydrogen-bond donors (Lipinski definition) is 1. The molecular weight excluding hydrogens is 316 g/mol. The lowest BCUT2D eigenvalue weighted by Crippen LogP contribution is -2.51. The molecule has 0 aliphatic carbocycles. The summed E-state index contributed by atoms with van der Waals surface area (Å²) in [6.07, 6.45) is 5.79. The monoisotopic (exact) mass is 342 g/mol. The normalized spacial score (nSPS) is 28.3. The third-order valence-electron chi connectivity index (χ3n) is 4.58. The van der Waals surface area contributed by atoms with Gasteiger partial charge in [-0.05, 0) is 38.8 Å². The summed E-state index contributed by atoms with van der Waals surface area (Å²) in [4.78, 5) is 14.7. The van der Waals surface area contributed by atoms with Gasteiger partial charge in [0, 0.05) is 31.2 Å². The van der Waals surface area contributed by atoms with Crippen molar-refractivity contribution in [3.8, 4) is 0 Å². The molecule has 3 atom stereocenters. The second kappa shape index (κ2) is 8.13. The van der Waals surface area contributed by atoms with E-state index in [2.05, 4.69) is 17.3 Å². The predicted octanol–water partition coefficient (Wildman–Crippen LogP) is 1.23. The number of ether oxygens (including phenoxy) is 1. The van der Waals surface area contributed by atoms with Crippen molar-refractivity contribution in [3.05, 3.63) is 18.0 Å². The van der Waals surface area contributed by atoms with Crippen LogP contribution in [0.1, 0.15) is 25.3 Å². The fourth-order valence-electron chi connectivity index (χ4n) is 3.42. The number of hydrogen-bond acceptors (Lipinski definition) is 4. The van der Waals surface area contributed by atoms with Crippen molar-refractivity contribution in [3.63, 3.8) is 0 Å². The number of halogens is 1. The number of rotatable bonds is 3. The maximum atomic E-state index is 12.7. The fraction of sp³-hybridized carbons (Fsp3) is 0.750. The van der Waals surface area contributed by atoms with E-state index in [-0.39, 0.29) is 24.4 Å². The van der Waals surface area contributed by atoms with Gasteiger partial charge in [0.15, 0.2) is 0 Å². The lowest BCUT2D eigenvalue weighted by atomic mass is 9.92. The number of amides is 1. The highest BCUT2D eigenvalue weighted by Crippen LogP contribution is 2.20. The molecule has 2 aliphatic heterocycles. The summed E-state index contributed by atoms with van der Waals surface area (Å²) in [7, 11) is 0. The minimum Gasteiger partial charge on any atom is -0.373 e. The molecule has 23 heavy (non-hydrogen) atoms. The Morgan fingerprint density at radius 1 is 1.52 bits per heavy atom. The van der Waals surface area contributed by atoms with Crippen LogP contribution in [0.4, 0.5) is 0 Å². The van der Waals surface area contributed by atoms with E-state index in [1.54, 1.807) is 0 Å². The van der Waals surface area contributed by atoms with Crippen molar-refractivity contribution in [2.24, 2.45) is 5.92 Å². The largest absolute Gasteiger partial charge is 0.373 e. The van der Waals surface area contributed by atoms with E-state index in [4.69, 9.17) is 4.74 Å². The summed E-state index contributed by atoms with van der Waals surface area (Å²) in [5.41, 5.74) is 1.15. The van der Waals surface area contributed by atoms with Gasteiger partial charge in [0.25, 0.3) is 0 Å². The van der Waals surface area contributed by atoms with Gasteiger partial charge in [-0.25, -0.2) is 0 Å². The Labute approximate surface area is 144 Å². The van der Waals surface area contributed by atoms with E-state index in [0.717, 1.165) is 24.9 Å². The summed E-state index contributed by atoms with van der Waals surface area (Å²) in [6, 6.07) is 0.437. The van der Waals surface area contributed by atoms with Gasteiger partial charge in [-0.2, -0.15) is 5.10 Å². The van der Waals surface area contributed by atoms with E-state index in [1.807, 2.05) is 28.9 Å². The van der Waals surface area contributed by atoms with Crippen LogP contribution < -0.4 is 5.32 Å². The van der Waals surface area contributed by atoms with E-state index < -0.39 is 0 Å². The Bertz CT molecular complexity index is 522. The quantitative estimate of drug-likeness (QED) is 0.897. The molecule has 1 aromatic rings. The SMILES string of the molecule is Cc1cnn(CC2CN(C(=O)[C@H]3CCN[C@@H](C)C3)CCO2)c1.Cl. The van der Waals surface area contributed by atoms with Gasteiger partial charge in [0.05, 0.1) is 25.5 Å². The second-order valence-corrected chi connectivity index (χ2v) is 6.59. The highest BCUT2D eigenvalue weighted by molar-refractivity contribution is 5.85. The van der Waals surface area contributed by atoms with Crippen LogP contribution in [-0.4, -0.2) is 59.0 Å². The fourth-order valence-corrected chi connectivity index (χ4v) is 3.42. The van der Waals surface area contributed by atoms with Crippen LogP contribution in [0.2, 0.25) is 0 Å². The Balaban J connectivity index is 0.00000192. The van der Waals surface area contributed by atoms with Gasteiger partial charge in [-0.3, -0.25) is 9.48 Å². The molecule has 2 fully saturated rings. The standard InChI is InChI=1S/C16H26N4O2.ClH/c1-12-8-18-20(9-12)11-15-10-19(5-6-22-15)16(21)14-3-4-17-13(2)7-14;/h8-9,13-15,17H,3-7,10-11H2,1-2H3;1H/t13-,14-,15?;/m0./s1. The number of morpholine rings is 1. The maximum absolute atomic E-state index is 12.7. The number of carbonyl (C=O) groups excluding carboxylic acids is 1. The molecule has 1 unspecified atom stereocenters. The Morgan fingerprint density at radius 2 is 2.35 bits per heavy atom. The Kier molecular flexibility index (Phi) is 6.44. The number of nitrogens with zero attached hydrogens (tertiary/aromatic N) is 3. The summed E-state index contributed by atoms with van der Waals surface area (Å²) >= 11 is 0. The molecule has 0 saturated carbocycles. The highest BCUT2D eigenvalue weighted by Gasteiger charge is 2.31. The topological polar surface area (TPSA) is 59.4 Å². The number of piperidine rings is 1. The van der Waals surface area contributed by atoms with Gasteiger partial charge in [-0.15, -0.1) is 12.4 Å². The molecule has 0 radical (unpaired) electrons. The summed E-state index contributed by atoms with van der Waals surface area (Å²) in [5.74, 6) is 0.472. The predicted molar refractivity (Wildman–Crippen MR) is 90.7 cm³/mol. The molecule has 6 nitrogen and oxygen atoms in total. The molecule has 1 amide bonds. The van der Waals surface area contributed by atoms with Gasteiger partial charge < -0.3 is 15.0 Å². The molecule has 7 heteroatoms. The average molecular weight is 343 g/mol. The molecule has 0 aromatic carbocycles. The maximum Gasteiger partial charge on any atom is 0.225 e. The van der Waals surface area contributed by atoms with Crippen LogP contribution in [0, 0.1) is 12.8 Å². The van der Waals surface area contributed by atoms with Crippen molar-refractivity contribution in [1.29, 1.82) is 0 Å². The molecule has 3 rings (SSSR count). The summed E-state index contributed by atoms with van der Waals surface area (Å²) in [5, 5.41) is 7.71. The molecule has 2 aliphatic rings. The van der Waals surface area contributed by atoms with Crippen LogP contribution >= 0.6 is 12.4 Å². The smallest absolute Gasteiger partial charge is 0.225 e. The molecule has 0 bridgehead atoms. The first-order valence-corrected chi connectivity index (χ1v) is 8.24. The first kappa shape index (κ1) is 18.2. The number of nitrogens with one attached hydrogen (secondary N) is 1. The van der Waals surface area contributed by atoms with Gasteiger partial charge in [0.1, 0.15) is 0 Å². The van der Waals surface area contributed by atoms with Crippen molar-refractivity contribution in [1.82, 2.24) is 20.0 Å². The van der Waals surface area contributed by atoms with Gasteiger partial charge >= 0.3 is 0 Å². The first-order chi connectivity index (χ1) is 10.6. The van der Waals surface area contributed by atoms with E-state index in [1.165, 1.54) is 0 Å². The van der Waals surface area contributed by atoms with Crippen LogP contribution in [0.25, 0.3) is 0 Å². The second-order valence-electron chi connectivity index (χ2n) is 6.59. The van der Waals surface area contributed by atoms with E-state index in [0.29, 0.717) is 38.2 Å². The molecule has 3 heterocycles. The zero-order valence-electron chi connectivity index (χ0n) is 13.9. The van der Waals surface area contributed by atoms with Crippen molar-refractivity contribution in [2.45, 2.75) is 45.4 Å². The Morgan fingerprint density at radius 3 is 3.04 bits per heavy atom. The number of aryl methyl sites for hydroxylation is 1. The third kappa shape index (κ3) is 4.68. The van der Waals surface area contributed by atoms with Crippen molar-refractivity contribution < 1.29 is 9.53 Å². The number of aromatic nitrogens is 2. The van der Waals surface area contributed by atoms with Gasteiger partial charge in [0.2, 0.25) is 5.91 Å². The minimum absolute atomic E-state index is 0. The zero-order valence-corrected chi connectivity index (χ0v) is 14.7. The van der Waals surface area contributed by atoms with E-state index in [9.17, 15) is 4.79 Å². The minimum atomic E-state index is 0. The van der Waals surface area contributed by atoms with Gasteiger partial charge in [-0.1, -0.05) is 0 Å². The number of carbonyl (C=O) groups is 1. The van der Waals surface area contributed by atoms with Crippen LogP contribution in [0.3, 0.4) is 0 Å². The molecule has 130 valence electrons. The first-order valence-electron chi connectivity index (χ1n) is 8.24. The van der Waals surface area contributed by atoms with Crippen molar-refractivity contribution in [2.75, 3.05) is 26.2 Å². The molecule has 1 N–H and O–H groups in total. The zero-order chi connectivity index (χ0) is 15.5. The van der Waals surface area contributed by atoms with Crippen LogP contribution in [-0.2, 0) is 16.1 Å². The highest BCUT2D eigenvalue weighted by atomic mass is 35.5. The van der Waals surface area contributed by atoms with Crippen LogP contribution in [0.5, 0.6) is 0 Å². The summed E-state index contributed by atoms with van der Waals surface area (Å²) < 4.78 is 7.72. The van der Waals surface area contributed by atoms with Crippen molar-refractivity contribution >= 4 is 18.3 Å².